The summed E-state index contributed by atoms with van der Waals surface area (Å²) in [5.74, 6) is 0.212. The lowest BCUT2D eigenvalue weighted by Gasteiger charge is -2.08. The molecule has 0 saturated heterocycles. The Bertz CT molecular complexity index is 1070. The average molecular weight is 456 g/mol. The molecular weight excluding hydrogens is 430 g/mol. The van der Waals surface area contributed by atoms with Gasteiger partial charge in [0.25, 0.3) is 5.89 Å². The molecule has 2 heterocycles. The molecule has 0 spiro atoms. The van der Waals surface area contributed by atoms with Crippen molar-refractivity contribution in [1.29, 1.82) is 0 Å². The molecule has 8 nitrogen and oxygen atoms in total. The van der Waals surface area contributed by atoms with Gasteiger partial charge in [0.1, 0.15) is 10.6 Å². The van der Waals surface area contributed by atoms with E-state index in [-0.39, 0.29) is 30.7 Å². The molecule has 0 fully saturated rings. The molecule has 1 N–H and O–H groups in total. The predicted octanol–water partition coefficient (Wildman–Crippen LogP) is 4.34. The molecule has 9 heteroatoms. The molecule has 3 aromatic rings. The predicted molar refractivity (Wildman–Crippen MR) is 119 cm³/mol. The molecule has 4 rings (SSSR count). The number of carbonyl (C=O) groups excluding carboxylic acids is 2. The molecule has 2 aromatic heterocycles. The van der Waals surface area contributed by atoms with Crippen LogP contribution in [-0.4, -0.2) is 29.1 Å². The van der Waals surface area contributed by atoms with E-state index in [0.717, 1.165) is 25.7 Å². The number of methoxy groups -OCH3 is 1. The SMILES string of the molecule is COc1ccccc1NC(=O)Cc1noc(COC(=O)c2cc3c(s2)CCCCCC3)n1. The molecule has 0 atom stereocenters. The van der Waals surface area contributed by atoms with E-state index in [0.29, 0.717) is 16.3 Å². The first-order chi connectivity index (χ1) is 15.6. The van der Waals surface area contributed by atoms with E-state index in [4.69, 9.17) is 14.0 Å². The Labute approximate surface area is 189 Å². The van der Waals surface area contributed by atoms with Crippen molar-refractivity contribution in [2.45, 2.75) is 51.6 Å². The van der Waals surface area contributed by atoms with Crippen molar-refractivity contribution in [3.8, 4) is 5.75 Å². The maximum Gasteiger partial charge on any atom is 0.348 e. The number of benzene rings is 1. The highest BCUT2D eigenvalue weighted by Gasteiger charge is 2.19. The first-order valence-corrected chi connectivity index (χ1v) is 11.5. The van der Waals surface area contributed by atoms with Gasteiger partial charge in [-0.15, -0.1) is 11.3 Å². The molecule has 0 radical (unpaired) electrons. The number of hydrogen-bond donors (Lipinski definition) is 1. The van der Waals surface area contributed by atoms with Gasteiger partial charge in [0.15, 0.2) is 12.4 Å². The minimum absolute atomic E-state index is 0.0763. The summed E-state index contributed by atoms with van der Waals surface area (Å²) in [7, 11) is 1.53. The number of anilines is 1. The minimum atomic E-state index is -0.393. The van der Waals surface area contributed by atoms with Crippen LogP contribution < -0.4 is 10.1 Å². The minimum Gasteiger partial charge on any atom is -0.495 e. The Kier molecular flexibility index (Phi) is 7.16. The molecular formula is C23H25N3O5S. The standard InChI is InChI=1S/C23H25N3O5S/c1-29-17-10-7-6-9-16(17)24-21(27)13-20-25-22(31-26-20)14-30-23(28)19-12-15-8-4-2-3-5-11-18(15)32-19/h6-7,9-10,12H,2-5,8,11,13-14H2,1H3,(H,24,27). The van der Waals surface area contributed by atoms with Gasteiger partial charge in [-0.3, -0.25) is 4.79 Å². The normalized spacial score (nSPS) is 13.5. The van der Waals surface area contributed by atoms with E-state index in [2.05, 4.69) is 15.5 Å². The van der Waals surface area contributed by atoms with Crippen molar-refractivity contribution in [1.82, 2.24) is 10.1 Å². The van der Waals surface area contributed by atoms with Crippen molar-refractivity contribution >= 4 is 28.9 Å². The van der Waals surface area contributed by atoms with E-state index in [1.807, 2.05) is 12.1 Å². The summed E-state index contributed by atoms with van der Waals surface area (Å²) in [6, 6.07) is 9.06. The second-order valence-corrected chi connectivity index (χ2v) is 8.72. The third kappa shape index (κ3) is 5.53. The fraction of sp³-hybridized carbons (Fsp3) is 0.391. The van der Waals surface area contributed by atoms with Gasteiger partial charge in [-0.25, -0.2) is 4.79 Å². The highest BCUT2D eigenvalue weighted by Crippen LogP contribution is 2.29. The highest BCUT2D eigenvalue weighted by atomic mass is 32.1. The number of rotatable bonds is 7. The van der Waals surface area contributed by atoms with Crippen LogP contribution in [-0.2, 0) is 35.4 Å². The van der Waals surface area contributed by atoms with Gasteiger partial charge < -0.3 is 19.3 Å². The fourth-order valence-corrected chi connectivity index (χ4v) is 4.80. The van der Waals surface area contributed by atoms with Gasteiger partial charge in [0.2, 0.25) is 5.91 Å². The van der Waals surface area contributed by atoms with Gasteiger partial charge in [-0.05, 0) is 49.4 Å². The van der Waals surface area contributed by atoms with Crippen LogP contribution >= 0.6 is 11.3 Å². The van der Waals surface area contributed by atoms with E-state index >= 15 is 0 Å². The van der Waals surface area contributed by atoms with Crippen molar-refractivity contribution in [2.75, 3.05) is 12.4 Å². The zero-order valence-electron chi connectivity index (χ0n) is 17.9. The number of thiophene rings is 1. The van der Waals surface area contributed by atoms with Crippen LogP contribution in [0.4, 0.5) is 5.69 Å². The van der Waals surface area contributed by atoms with Crippen LogP contribution in [0.5, 0.6) is 5.75 Å². The van der Waals surface area contributed by atoms with E-state index < -0.39 is 5.97 Å². The summed E-state index contributed by atoms with van der Waals surface area (Å²) >= 11 is 1.51. The Balaban J connectivity index is 1.30. The van der Waals surface area contributed by atoms with Crippen LogP contribution in [0.25, 0.3) is 0 Å². The smallest absolute Gasteiger partial charge is 0.348 e. The van der Waals surface area contributed by atoms with E-state index in [1.165, 1.54) is 41.7 Å². The third-order valence-electron chi connectivity index (χ3n) is 5.23. The maximum absolute atomic E-state index is 12.5. The summed E-state index contributed by atoms with van der Waals surface area (Å²) in [6.07, 6.45) is 6.78. The molecule has 1 aliphatic rings. The summed E-state index contributed by atoms with van der Waals surface area (Å²) in [5, 5.41) is 6.55. The van der Waals surface area contributed by atoms with Crippen molar-refractivity contribution in [3.63, 3.8) is 0 Å². The van der Waals surface area contributed by atoms with Gasteiger partial charge in [-0.1, -0.05) is 30.1 Å². The molecule has 0 bridgehead atoms. The lowest BCUT2D eigenvalue weighted by molar-refractivity contribution is -0.115. The fourth-order valence-electron chi connectivity index (χ4n) is 3.65. The number of hydrogen-bond acceptors (Lipinski definition) is 8. The number of aromatic nitrogens is 2. The Morgan fingerprint density at radius 1 is 1.16 bits per heavy atom. The molecule has 1 amide bonds. The number of nitrogens with zero attached hydrogens (tertiary/aromatic N) is 2. The quantitative estimate of drug-likeness (QED) is 0.529. The topological polar surface area (TPSA) is 104 Å². The zero-order valence-corrected chi connectivity index (χ0v) is 18.7. The van der Waals surface area contributed by atoms with Gasteiger partial charge >= 0.3 is 5.97 Å². The molecule has 168 valence electrons. The number of carbonyl (C=O) groups is 2. The van der Waals surface area contributed by atoms with Crippen LogP contribution in [0.2, 0.25) is 0 Å². The Morgan fingerprint density at radius 3 is 2.81 bits per heavy atom. The second-order valence-electron chi connectivity index (χ2n) is 7.58. The van der Waals surface area contributed by atoms with Gasteiger partial charge in [-0.2, -0.15) is 4.98 Å². The number of esters is 1. The summed E-state index contributed by atoms with van der Waals surface area (Å²) < 4.78 is 15.7. The molecule has 0 unspecified atom stereocenters. The summed E-state index contributed by atoms with van der Waals surface area (Å²) in [4.78, 5) is 30.8. The van der Waals surface area contributed by atoms with Crippen molar-refractivity contribution in [3.05, 3.63) is 57.4 Å². The van der Waals surface area contributed by atoms with Crippen LogP contribution in [0.1, 0.15) is 57.5 Å². The molecule has 1 aromatic carbocycles. The molecule has 0 saturated carbocycles. The first-order valence-electron chi connectivity index (χ1n) is 10.7. The van der Waals surface area contributed by atoms with Crippen LogP contribution in [0.15, 0.2) is 34.9 Å². The van der Waals surface area contributed by atoms with E-state index in [1.54, 1.807) is 18.2 Å². The maximum atomic E-state index is 12.5. The first kappa shape index (κ1) is 22.0. The Hall–Kier alpha value is -3.20. The number of nitrogens with one attached hydrogen (secondary N) is 1. The van der Waals surface area contributed by atoms with E-state index in [9.17, 15) is 9.59 Å². The lowest BCUT2D eigenvalue weighted by atomic mass is 10.00. The monoisotopic (exact) mass is 455 g/mol. The second kappa shape index (κ2) is 10.4. The van der Waals surface area contributed by atoms with Gasteiger partial charge in [0, 0.05) is 4.88 Å². The zero-order chi connectivity index (χ0) is 22.3. The number of aryl methyl sites for hydroxylation is 2. The molecule has 0 aliphatic heterocycles. The largest absolute Gasteiger partial charge is 0.495 e. The highest BCUT2D eigenvalue weighted by molar-refractivity contribution is 7.14. The lowest BCUT2D eigenvalue weighted by Crippen LogP contribution is -2.15. The van der Waals surface area contributed by atoms with Crippen molar-refractivity contribution < 1.29 is 23.6 Å². The third-order valence-corrected chi connectivity index (χ3v) is 6.45. The number of ether oxygens (including phenoxy) is 2. The number of amides is 1. The molecule has 1 aliphatic carbocycles. The van der Waals surface area contributed by atoms with Crippen molar-refractivity contribution in [2.24, 2.45) is 0 Å². The molecule has 32 heavy (non-hydrogen) atoms. The van der Waals surface area contributed by atoms with Gasteiger partial charge in [0.05, 0.1) is 19.2 Å². The average Bonchev–Trinajstić information content (AvgIpc) is 3.39. The Morgan fingerprint density at radius 2 is 1.97 bits per heavy atom. The number of fused-ring (bicyclic) bond motifs is 1. The van der Waals surface area contributed by atoms with Crippen LogP contribution in [0, 0.1) is 0 Å². The van der Waals surface area contributed by atoms with Crippen LogP contribution in [0.3, 0.4) is 0 Å². The summed E-state index contributed by atoms with van der Waals surface area (Å²) in [6.45, 7) is -0.136. The number of para-hydroxylation sites is 2. The summed E-state index contributed by atoms with van der Waals surface area (Å²) in [5.41, 5.74) is 1.82.